The first kappa shape index (κ1) is 12.4. The Hall–Kier alpha value is -1.32. The van der Waals surface area contributed by atoms with E-state index in [0.29, 0.717) is 11.2 Å². The summed E-state index contributed by atoms with van der Waals surface area (Å²) < 4.78 is 0. The first-order valence-electron chi connectivity index (χ1n) is 7.80. The Balaban J connectivity index is 1.59. The minimum atomic E-state index is -0.119. The van der Waals surface area contributed by atoms with E-state index in [-0.39, 0.29) is 11.3 Å². The SMILES string of the molecule is Cc1cc(NC(=O)C23CC4CC(CC(C)(C4)C2)C3)n[nH]1. The van der Waals surface area contributed by atoms with Crippen LogP contribution in [-0.4, -0.2) is 16.1 Å². The van der Waals surface area contributed by atoms with Crippen molar-refractivity contribution in [3.05, 3.63) is 11.8 Å². The van der Waals surface area contributed by atoms with Crippen molar-refractivity contribution in [3.63, 3.8) is 0 Å². The smallest absolute Gasteiger partial charge is 0.231 e. The quantitative estimate of drug-likeness (QED) is 0.869. The van der Waals surface area contributed by atoms with Gasteiger partial charge in [-0.1, -0.05) is 6.92 Å². The summed E-state index contributed by atoms with van der Waals surface area (Å²) in [7, 11) is 0. The Bertz CT molecular complexity index is 548. The number of nitrogens with one attached hydrogen (secondary N) is 2. The molecule has 1 aromatic heterocycles. The van der Waals surface area contributed by atoms with Gasteiger partial charge >= 0.3 is 0 Å². The molecule has 0 aliphatic heterocycles. The number of anilines is 1. The van der Waals surface area contributed by atoms with Crippen LogP contribution in [0.4, 0.5) is 5.82 Å². The van der Waals surface area contributed by atoms with Crippen LogP contribution in [0.25, 0.3) is 0 Å². The molecule has 4 nitrogen and oxygen atoms in total. The number of carbonyl (C=O) groups excluding carboxylic acids is 1. The van der Waals surface area contributed by atoms with Crippen LogP contribution in [0, 0.1) is 29.6 Å². The molecular weight excluding hydrogens is 250 g/mol. The number of amides is 1. The molecule has 4 saturated carbocycles. The molecule has 1 amide bonds. The Morgan fingerprint density at radius 3 is 2.60 bits per heavy atom. The van der Waals surface area contributed by atoms with E-state index in [9.17, 15) is 4.79 Å². The van der Waals surface area contributed by atoms with E-state index in [4.69, 9.17) is 0 Å². The van der Waals surface area contributed by atoms with Crippen molar-refractivity contribution in [2.75, 3.05) is 5.32 Å². The highest BCUT2D eigenvalue weighted by Crippen LogP contribution is 2.65. The summed E-state index contributed by atoms with van der Waals surface area (Å²) in [5.41, 5.74) is 1.27. The van der Waals surface area contributed by atoms with Crippen molar-refractivity contribution in [3.8, 4) is 0 Å². The summed E-state index contributed by atoms with van der Waals surface area (Å²) in [5, 5.41) is 10.1. The van der Waals surface area contributed by atoms with Crippen LogP contribution in [0.2, 0.25) is 0 Å². The monoisotopic (exact) mass is 273 g/mol. The molecule has 4 fully saturated rings. The average Bonchev–Trinajstić information content (AvgIpc) is 2.71. The minimum absolute atomic E-state index is 0.119. The van der Waals surface area contributed by atoms with Gasteiger partial charge in [-0.3, -0.25) is 9.89 Å². The van der Waals surface area contributed by atoms with E-state index >= 15 is 0 Å². The van der Waals surface area contributed by atoms with Gasteiger partial charge in [0.15, 0.2) is 5.82 Å². The van der Waals surface area contributed by atoms with E-state index in [1.807, 2.05) is 13.0 Å². The molecule has 5 rings (SSSR count). The molecule has 4 aliphatic rings. The van der Waals surface area contributed by atoms with Gasteiger partial charge in [-0.2, -0.15) is 5.10 Å². The molecule has 2 N–H and O–H groups in total. The second-order valence-electron chi connectivity index (χ2n) is 7.94. The van der Waals surface area contributed by atoms with Crippen LogP contribution in [0.3, 0.4) is 0 Å². The maximum atomic E-state index is 12.9. The number of carbonyl (C=O) groups is 1. The fourth-order valence-electron chi connectivity index (χ4n) is 5.72. The van der Waals surface area contributed by atoms with Crippen LogP contribution < -0.4 is 5.32 Å². The lowest BCUT2D eigenvalue weighted by Gasteiger charge is -2.60. The van der Waals surface area contributed by atoms with Gasteiger partial charge in [0.25, 0.3) is 0 Å². The number of H-pyrrole nitrogens is 1. The molecule has 0 spiro atoms. The largest absolute Gasteiger partial charge is 0.309 e. The Morgan fingerprint density at radius 2 is 2.05 bits per heavy atom. The van der Waals surface area contributed by atoms with E-state index in [2.05, 4.69) is 22.4 Å². The van der Waals surface area contributed by atoms with Crippen molar-refractivity contribution in [1.29, 1.82) is 0 Å². The van der Waals surface area contributed by atoms with Crippen LogP contribution >= 0.6 is 0 Å². The zero-order valence-corrected chi connectivity index (χ0v) is 12.3. The highest BCUT2D eigenvalue weighted by molar-refractivity contribution is 5.95. The summed E-state index contributed by atoms with van der Waals surface area (Å²) in [5.74, 6) is 2.43. The molecule has 20 heavy (non-hydrogen) atoms. The van der Waals surface area contributed by atoms with E-state index in [1.54, 1.807) is 0 Å². The maximum absolute atomic E-state index is 12.9. The van der Waals surface area contributed by atoms with E-state index < -0.39 is 0 Å². The topological polar surface area (TPSA) is 57.8 Å². The van der Waals surface area contributed by atoms with Crippen molar-refractivity contribution in [1.82, 2.24) is 10.2 Å². The van der Waals surface area contributed by atoms with Gasteiger partial charge in [-0.15, -0.1) is 0 Å². The molecule has 4 heteroatoms. The fourth-order valence-corrected chi connectivity index (χ4v) is 5.72. The second kappa shape index (κ2) is 3.86. The number of aryl methyl sites for hydroxylation is 1. The number of hydrogen-bond acceptors (Lipinski definition) is 2. The normalized spacial score (nSPS) is 41.9. The molecule has 1 aromatic rings. The van der Waals surface area contributed by atoms with Gasteiger partial charge in [0.1, 0.15) is 0 Å². The predicted molar refractivity (Wildman–Crippen MR) is 77.2 cm³/mol. The van der Waals surface area contributed by atoms with E-state index in [0.717, 1.165) is 36.8 Å². The predicted octanol–water partition coefficient (Wildman–Crippen LogP) is 3.26. The van der Waals surface area contributed by atoms with Crippen molar-refractivity contribution >= 4 is 11.7 Å². The van der Waals surface area contributed by atoms with Crippen LogP contribution in [0.1, 0.15) is 51.1 Å². The van der Waals surface area contributed by atoms with Crippen LogP contribution in [-0.2, 0) is 4.79 Å². The summed E-state index contributed by atoms with van der Waals surface area (Å²) in [6.07, 6.45) is 7.27. The number of nitrogens with zero attached hydrogens (tertiary/aromatic N) is 1. The van der Waals surface area contributed by atoms with Crippen molar-refractivity contribution < 1.29 is 4.79 Å². The van der Waals surface area contributed by atoms with Gasteiger partial charge in [-0.25, -0.2) is 0 Å². The summed E-state index contributed by atoms with van der Waals surface area (Å²) in [6.45, 7) is 4.35. The van der Waals surface area contributed by atoms with Gasteiger partial charge in [0.05, 0.1) is 5.41 Å². The molecule has 4 aliphatic carbocycles. The third kappa shape index (κ3) is 1.80. The zero-order chi connectivity index (χ0) is 14.0. The summed E-state index contributed by atoms with van der Waals surface area (Å²) >= 11 is 0. The van der Waals surface area contributed by atoms with Crippen LogP contribution in [0.15, 0.2) is 6.07 Å². The zero-order valence-electron chi connectivity index (χ0n) is 12.3. The molecule has 2 atom stereocenters. The standard InChI is InChI=1S/C16H23N3O/c1-10-3-13(19-18-10)17-14(20)16-7-11-4-12(8-16)6-15(2,5-11)9-16/h3,11-12H,4-9H2,1-2H3,(H2,17,18,19,20). The molecule has 4 bridgehead atoms. The van der Waals surface area contributed by atoms with Crippen LogP contribution in [0.5, 0.6) is 0 Å². The Labute approximate surface area is 119 Å². The lowest BCUT2D eigenvalue weighted by Crippen LogP contribution is -2.55. The lowest BCUT2D eigenvalue weighted by atomic mass is 9.44. The van der Waals surface area contributed by atoms with Gasteiger partial charge in [0.2, 0.25) is 5.91 Å². The van der Waals surface area contributed by atoms with E-state index in [1.165, 1.54) is 19.3 Å². The highest BCUT2D eigenvalue weighted by Gasteiger charge is 2.58. The minimum Gasteiger partial charge on any atom is -0.309 e. The molecule has 0 aromatic carbocycles. The lowest BCUT2D eigenvalue weighted by molar-refractivity contribution is -0.149. The number of aromatic amines is 1. The number of hydrogen-bond donors (Lipinski definition) is 2. The molecular formula is C16H23N3O. The number of aromatic nitrogens is 2. The first-order chi connectivity index (χ1) is 9.46. The third-order valence-corrected chi connectivity index (χ3v) is 5.78. The Kier molecular flexibility index (Phi) is 2.40. The number of rotatable bonds is 2. The molecule has 0 saturated heterocycles. The summed E-state index contributed by atoms with van der Waals surface area (Å²) in [6, 6.07) is 1.90. The average molecular weight is 273 g/mol. The van der Waals surface area contributed by atoms with Crippen molar-refractivity contribution in [2.45, 2.75) is 52.4 Å². The highest BCUT2D eigenvalue weighted by atomic mass is 16.2. The summed E-state index contributed by atoms with van der Waals surface area (Å²) in [4.78, 5) is 12.9. The first-order valence-corrected chi connectivity index (χ1v) is 7.80. The molecule has 108 valence electrons. The third-order valence-electron chi connectivity index (χ3n) is 5.78. The Morgan fingerprint density at radius 1 is 1.35 bits per heavy atom. The molecule has 0 radical (unpaired) electrons. The van der Waals surface area contributed by atoms with Gasteiger partial charge in [0, 0.05) is 11.8 Å². The molecule has 2 unspecified atom stereocenters. The maximum Gasteiger partial charge on any atom is 0.231 e. The fraction of sp³-hybridized carbons (Fsp3) is 0.750. The molecule has 1 heterocycles. The van der Waals surface area contributed by atoms with Crippen molar-refractivity contribution in [2.24, 2.45) is 22.7 Å². The second-order valence-corrected chi connectivity index (χ2v) is 7.94. The van der Waals surface area contributed by atoms with Gasteiger partial charge in [-0.05, 0) is 62.7 Å². The van der Waals surface area contributed by atoms with Gasteiger partial charge < -0.3 is 5.32 Å².